The van der Waals surface area contributed by atoms with E-state index in [1.807, 2.05) is 0 Å². The van der Waals surface area contributed by atoms with Gasteiger partial charge >= 0.3 is 5.97 Å². The number of hydrogen-bond donors (Lipinski definition) is 1. The Labute approximate surface area is 114 Å². The summed E-state index contributed by atoms with van der Waals surface area (Å²) >= 11 is 0. The number of rotatable bonds is 6. The van der Waals surface area contributed by atoms with E-state index in [1.165, 1.54) is 0 Å². The lowest BCUT2D eigenvalue weighted by Crippen LogP contribution is -2.25. The molecule has 5 nitrogen and oxygen atoms in total. The first-order valence-electron chi connectivity index (χ1n) is 7.30. The van der Waals surface area contributed by atoms with E-state index in [2.05, 4.69) is 0 Å². The van der Waals surface area contributed by atoms with Gasteiger partial charge in [-0.05, 0) is 38.0 Å². The zero-order valence-electron chi connectivity index (χ0n) is 11.4. The SMILES string of the molecule is O=C(OCCCC1OCCO1)C1CCC(CO)CC1. The summed E-state index contributed by atoms with van der Waals surface area (Å²) in [6.45, 7) is 2.02. The minimum atomic E-state index is -0.112. The highest BCUT2D eigenvalue weighted by Crippen LogP contribution is 2.29. The van der Waals surface area contributed by atoms with Crippen LogP contribution in [0.5, 0.6) is 0 Å². The molecule has 2 aliphatic rings. The minimum absolute atomic E-state index is 0.0294. The molecule has 2 fully saturated rings. The molecule has 0 spiro atoms. The van der Waals surface area contributed by atoms with E-state index in [9.17, 15) is 4.79 Å². The lowest BCUT2D eigenvalue weighted by Gasteiger charge is -2.25. The quantitative estimate of drug-likeness (QED) is 0.586. The fourth-order valence-corrected chi connectivity index (χ4v) is 2.70. The number of aliphatic hydroxyl groups is 1. The highest BCUT2D eigenvalue weighted by molar-refractivity contribution is 5.72. The van der Waals surface area contributed by atoms with Gasteiger partial charge in [0.1, 0.15) is 0 Å². The summed E-state index contributed by atoms with van der Waals surface area (Å²) in [7, 11) is 0. The Morgan fingerprint density at radius 1 is 1.16 bits per heavy atom. The second-order valence-corrected chi connectivity index (χ2v) is 5.38. The Hall–Kier alpha value is -0.650. The van der Waals surface area contributed by atoms with E-state index < -0.39 is 0 Å². The Kier molecular flexibility index (Phi) is 6.07. The molecular formula is C14H24O5. The molecular weight excluding hydrogens is 248 g/mol. The summed E-state index contributed by atoms with van der Waals surface area (Å²) in [5.74, 6) is 0.326. The summed E-state index contributed by atoms with van der Waals surface area (Å²) in [6, 6.07) is 0. The van der Waals surface area contributed by atoms with Gasteiger partial charge in [-0.2, -0.15) is 0 Å². The number of hydrogen-bond acceptors (Lipinski definition) is 5. The third-order valence-corrected chi connectivity index (χ3v) is 3.96. The van der Waals surface area contributed by atoms with Gasteiger partial charge in [0.2, 0.25) is 0 Å². The van der Waals surface area contributed by atoms with Crippen molar-refractivity contribution in [1.82, 2.24) is 0 Å². The largest absolute Gasteiger partial charge is 0.465 e. The van der Waals surface area contributed by atoms with Gasteiger partial charge in [0.15, 0.2) is 6.29 Å². The van der Waals surface area contributed by atoms with Crippen LogP contribution in [0, 0.1) is 11.8 Å². The smallest absolute Gasteiger partial charge is 0.308 e. The highest BCUT2D eigenvalue weighted by atomic mass is 16.7. The molecule has 0 amide bonds. The standard InChI is InChI=1S/C14H24O5/c15-10-11-3-5-12(6-4-11)14(16)19-7-1-2-13-17-8-9-18-13/h11-13,15H,1-10H2. The van der Waals surface area contributed by atoms with Crippen LogP contribution in [-0.4, -0.2) is 43.8 Å². The Bertz CT molecular complexity index is 267. The summed E-state index contributed by atoms with van der Waals surface area (Å²) in [4.78, 5) is 11.8. The molecule has 5 heteroatoms. The molecule has 110 valence electrons. The van der Waals surface area contributed by atoms with Crippen LogP contribution in [0.25, 0.3) is 0 Å². The summed E-state index contributed by atoms with van der Waals surface area (Å²) in [6.07, 6.45) is 5.00. The van der Waals surface area contributed by atoms with Gasteiger partial charge in [-0.1, -0.05) is 0 Å². The zero-order valence-corrected chi connectivity index (χ0v) is 11.4. The topological polar surface area (TPSA) is 65.0 Å². The summed E-state index contributed by atoms with van der Waals surface area (Å²) in [5.41, 5.74) is 0. The predicted molar refractivity (Wildman–Crippen MR) is 68.4 cm³/mol. The maximum Gasteiger partial charge on any atom is 0.308 e. The average Bonchev–Trinajstić information content (AvgIpc) is 2.96. The Balaban J connectivity index is 1.54. The van der Waals surface area contributed by atoms with Crippen molar-refractivity contribution in [3.8, 4) is 0 Å². The van der Waals surface area contributed by atoms with Crippen molar-refractivity contribution in [3.05, 3.63) is 0 Å². The molecule has 0 unspecified atom stereocenters. The molecule has 1 saturated heterocycles. The van der Waals surface area contributed by atoms with Crippen LogP contribution in [-0.2, 0) is 19.0 Å². The van der Waals surface area contributed by atoms with Crippen LogP contribution in [0.15, 0.2) is 0 Å². The first-order valence-corrected chi connectivity index (χ1v) is 7.30. The third kappa shape index (κ3) is 4.75. The van der Waals surface area contributed by atoms with Gasteiger partial charge < -0.3 is 19.3 Å². The molecule has 1 N–H and O–H groups in total. The van der Waals surface area contributed by atoms with Gasteiger partial charge in [-0.25, -0.2) is 0 Å². The monoisotopic (exact) mass is 272 g/mol. The summed E-state index contributed by atoms with van der Waals surface area (Å²) in [5, 5.41) is 9.05. The van der Waals surface area contributed by atoms with Crippen molar-refractivity contribution in [2.24, 2.45) is 11.8 Å². The Morgan fingerprint density at radius 2 is 1.84 bits per heavy atom. The van der Waals surface area contributed by atoms with Gasteiger partial charge in [0.25, 0.3) is 0 Å². The van der Waals surface area contributed by atoms with Crippen molar-refractivity contribution < 1.29 is 24.1 Å². The van der Waals surface area contributed by atoms with Gasteiger partial charge in [0.05, 0.1) is 25.7 Å². The van der Waals surface area contributed by atoms with Gasteiger partial charge in [0, 0.05) is 13.0 Å². The molecule has 1 heterocycles. The van der Waals surface area contributed by atoms with Crippen molar-refractivity contribution in [2.45, 2.75) is 44.8 Å². The number of aliphatic hydroxyl groups excluding tert-OH is 1. The van der Waals surface area contributed by atoms with E-state index in [4.69, 9.17) is 19.3 Å². The van der Waals surface area contributed by atoms with Crippen LogP contribution in [0.3, 0.4) is 0 Å². The average molecular weight is 272 g/mol. The highest BCUT2D eigenvalue weighted by Gasteiger charge is 2.27. The first kappa shape index (κ1) is 14.8. The van der Waals surface area contributed by atoms with Crippen LogP contribution < -0.4 is 0 Å². The first-order chi connectivity index (χ1) is 9.29. The van der Waals surface area contributed by atoms with Crippen LogP contribution in [0.1, 0.15) is 38.5 Å². The van der Waals surface area contributed by atoms with E-state index in [0.29, 0.717) is 25.7 Å². The normalized spacial score (nSPS) is 28.5. The van der Waals surface area contributed by atoms with Crippen LogP contribution >= 0.6 is 0 Å². The van der Waals surface area contributed by atoms with E-state index in [-0.39, 0.29) is 24.8 Å². The fraction of sp³-hybridized carbons (Fsp3) is 0.929. The lowest BCUT2D eigenvalue weighted by molar-refractivity contribution is -0.150. The number of carbonyl (C=O) groups is 1. The Morgan fingerprint density at radius 3 is 2.47 bits per heavy atom. The molecule has 2 rings (SSSR count). The van der Waals surface area contributed by atoms with Gasteiger partial charge in [-0.3, -0.25) is 4.79 Å². The maximum absolute atomic E-state index is 11.8. The number of ether oxygens (including phenoxy) is 3. The fourth-order valence-electron chi connectivity index (χ4n) is 2.70. The van der Waals surface area contributed by atoms with Crippen molar-refractivity contribution in [1.29, 1.82) is 0 Å². The molecule has 0 aromatic heterocycles. The van der Waals surface area contributed by atoms with Gasteiger partial charge in [-0.15, -0.1) is 0 Å². The maximum atomic E-state index is 11.8. The van der Waals surface area contributed by atoms with E-state index >= 15 is 0 Å². The van der Waals surface area contributed by atoms with Crippen molar-refractivity contribution >= 4 is 5.97 Å². The lowest BCUT2D eigenvalue weighted by atomic mass is 9.82. The second kappa shape index (κ2) is 7.82. The van der Waals surface area contributed by atoms with E-state index in [1.54, 1.807) is 0 Å². The molecule has 19 heavy (non-hydrogen) atoms. The molecule has 0 atom stereocenters. The summed E-state index contributed by atoms with van der Waals surface area (Å²) < 4.78 is 15.9. The molecule has 0 bridgehead atoms. The molecule has 0 aromatic rings. The number of esters is 1. The predicted octanol–water partition coefficient (Wildman–Crippen LogP) is 1.48. The molecule has 1 saturated carbocycles. The minimum Gasteiger partial charge on any atom is -0.465 e. The molecule has 1 aliphatic carbocycles. The second-order valence-electron chi connectivity index (χ2n) is 5.38. The molecule has 0 aromatic carbocycles. The number of carbonyl (C=O) groups excluding carboxylic acids is 1. The van der Waals surface area contributed by atoms with Crippen LogP contribution in [0.4, 0.5) is 0 Å². The third-order valence-electron chi connectivity index (χ3n) is 3.96. The zero-order chi connectivity index (χ0) is 13.5. The molecule has 1 aliphatic heterocycles. The van der Waals surface area contributed by atoms with Crippen molar-refractivity contribution in [3.63, 3.8) is 0 Å². The van der Waals surface area contributed by atoms with Crippen LogP contribution in [0.2, 0.25) is 0 Å². The van der Waals surface area contributed by atoms with E-state index in [0.717, 1.165) is 38.5 Å². The molecule has 0 radical (unpaired) electrons. The van der Waals surface area contributed by atoms with Crippen molar-refractivity contribution in [2.75, 3.05) is 26.4 Å².